The predicted octanol–water partition coefficient (Wildman–Crippen LogP) is -0.622. The minimum absolute atomic E-state index is 0.0141. The Kier molecular flexibility index (Phi) is 4.82. The quantitative estimate of drug-likeness (QED) is 0.635. The maximum absolute atomic E-state index is 11.6. The molecule has 0 saturated carbocycles. The van der Waals surface area contributed by atoms with E-state index in [2.05, 4.69) is 9.46 Å². The first kappa shape index (κ1) is 13.8. The van der Waals surface area contributed by atoms with Crippen LogP contribution in [0.2, 0.25) is 0 Å². The molecule has 8 heteroatoms. The van der Waals surface area contributed by atoms with Gasteiger partial charge in [-0.15, -0.1) is 0 Å². The van der Waals surface area contributed by atoms with E-state index in [0.29, 0.717) is 6.29 Å². The van der Waals surface area contributed by atoms with E-state index in [4.69, 9.17) is 4.42 Å². The van der Waals surface area contributed by atoms with E-state index in [1.165, 1.54) is 13.2 Å². The number of methoxy groups -OCH3 is 1. The Balaban J connectivity index is 2.65. The minimum atomic E-state index is -3.85. The van der Waals surface area contributed by atoms with Gasteiger partial charge in [0.05, 0.1) is 12.7 Å². The van der Waals surface area contributed by atoms with Crippen molar-refractivity contribution in [3.63, 3.8) is 0 Å². The van der Waals surface area contributed by atoms with Gasteiger partial charge in [0.2, 0.25) is 5.09 Å². The first-order valence-electron chi connectivity index (χ1n) is 4.71. The van der Waals surface area contributed by atoms with E-state index in [0.717, 1.165) is 6.07 Å². The molecule has 1 aromatic rings. The van der Waals surface area contributed by atoms with Gasteiger partial charge in [0.25, 0.3) is 10.0 Å². The molecule has 0 bridgehead atoms. The molecule has 0 aliphatic carbocycles. The van der Waals surface area contributed by atoms with E-state index in [1.54, 1.807) is 0 Å². The van der Waals surface area contributed by atoms with Crippen molar-refractivity contribution in [3.05, 3.63) is 17.9 Å². The summed E-state index contributed by atoms with van der Waals surface area (Å²) < 4.78 is 34.7. The number of carbonyl (C=O) groups is 1. The number of furan rings is 1. The number of carbonyl (C=O) groups excluding carboxylic acids is 1. The summed E-state index contributed by atoms with van der Waals surface area (Å²) in [6.45, 7) is -0.187. The van der Waals surface area contributed by atoms with Crippen LogP contribution in [0.15, 0.2) is 21.6 Å². The van der Waals surface area contributed by atoms with Gasteiger partial charge < -0.3 is 14.3 Å². The van der Waals surface area contributed by atoms with E-state index in [-0.39, 0.29) is 24.0 Å². The molecule has 2 N–H and O–H groups in total. The highest BCUT2D eigenvalue weighted by Gasteiger charge is 2.19. The van der Waals surface area contributed by atoms with Crippen molar-refractivity contribution in [1.29, 1.82) is 0 Å². The van der Waals surface area contributed by atoms with E-state index in [9.17, 15) is 18.3 Å². The van der Waals surface area contributed by atoms with Crippen LogP contribution in [-0.2, 0) is 14.8 Å². The molecule has 7 nitrogen and oxygen atoms in total. The van der Waals surface area contributed by atoms with Crippen molar-refractivity contribution < 1.29 is 27.5 Å². The van der Waals surface area contributed by atoms with Gasteiger partial charge >= 0.3 is 0 Å². The number of aldehydes is 1. The largest absolute Gasteiger partial charge is 0.440 e. The highest BCUT2D eigenvalue weighted by Crippen LogP contribution is 2.11. The first-order valence-corrected chi connectivity index (χ1v) is 6.19. The smallest absolute Gasteiger partial charge is 0.274 e. The zero-order valence-corrected chi connectivity index (χ0v) is 9.94. The zero-order valence-electron chi connectivity index (χ0n) is 9.12. The number of aliphatic hydroxyl groups is 1. The van der Waals surface area contributed by atoms with Crippen molar-refractivity contribution in [2.75, 3.05) is 20.3 Å². The van der Waals surface area contributed by atoms with Crippen molar-refractivity contribution in [2.24, 2.45) is 0 Å². The van der Waals surface area contributed by atoms with Crippen molar-refractivity contribution >= 4 is 16.3 Å². The molecule has 0 aliphatic rings. The maximum Gasteiger partial charge on any atom is 0.274 e. The number of hydrogen-bond donors (Lipinski definition) is 2. The van der Waals surface area contributed by atoms with Crippen LogP contribution in [0.5, 0.6) is 0 Å². The SMILES string of the molecule is COCC(O)CNS(=O)(=O)c1ccc(C=O)o1. The molecule has 0 fully saturated rings. The van der Waals surface area contributed by atoms with Crippen LogP contribution >= 0.6 is 0 Å². The first-order chi connectivity index (χ1) is 7.99. The Morgan fingerprint density at radius 2 is 2.29 bits per heavy atom. The molecular formula is C9H13NO6S. The fourth-order valence-corrected chi connectivity index (χ4v) is 2.08. The van der Waals surface area contributed by atoms with Crippen LogP contribution in [0.3, 0.4) is 0 Å². The summed E-state index contributed by atoms with van der Waals surface area (Å²) in [6, 6.07) is 2.40. The summed E-state index contributed by atoms with van der Waals surface area (Å²) in [4.78, 5) is 10.3. The second-order valence-corrected chi connectivity index (χ2v) is 4.93. The highest BCUT2D eigenvalue weighted by atomic mass is 32.2. The number of aliphatic hydroxyl groups excluding tert-OH is 1. The van der Waals surface area contributed by atoms with Crippen molar-refractivity contribution in [3.8, 4) is 0 Å². The second kappa shape index (κ2) is 5.92. The fraction of sp³-hybridized carbons (Fsp3) is 0.444. The molecule has 1 unspecified atom stereocenters. The van der Waals surface area contributed by atoms with E-state index in [1.807, 2.05) is 0 Å². The van der Waals surface area contributed by atoms with Crippen LogP contribution in [0.1, 0.15) is 10.6 Å². The summed E-state index contributed by atoms with van der Waals surface area (Å²) in [5, 5.41) is 8.90. The average molecular weight is 263 g/mol. The van der Waals surface area contributed by atoms with E-state index >= 15 is 0 Å². The van der Waals surface area contributed by atoms with Crippen LogP contribution in [-0.4, -0.2) is 46.2 Å². The maximum atomic E-state index is 11.6. The van der Waals surface area contributed by atoms with Gasteiger partial charge in [-0.25, -0.2) is 13.1 Å². The van der Waals surface area contributed by atoms with Crippen molar-refractivity contribution in [1.82, 2.24) is 4.72 Å². The lowest BCUT2D eigenvalue weighted by Gasteiger charge is -2.09. The summed E-state index contributed by atoms with van der Waals surface area (Å²) in [5.74, 6) is -0.0807. The predicted molar refractivity (Wildman–Crippen MR) is 57.2 cm³/mol. The lowest BCUT2D eigenvalue weighted by atomic mass is 10.4. The monoisotopic (exact) mass is 263 g/mol. The molecule has 1 heterocycles. The molecule has 96 valence electrons. The summed E-state index contributed by atoms with van der Waals surface area (Å²) in [7, 11) is -2.46. The topological polar surface area (TPSA) is 106 Å². The van der Waals surface area contributed by atoms with Crippen molar-refractivity contribution in [2.45, 2.75) is 11.2 Å². The number of rotatable bonds is 7. The molecule has 0 saturated heterocycles. The summed E-state index contributed by atoms with van der Waals surface area (Å²) >= 11 is 0. The lowest BCUT2D eigenvalue weighted by Crippen LogP contribution is -2.34. The molecule has 0 radical (unpaired) electrons. The Morgan fingerprint density at radius 1 is 1.59 bits per heavy atom. The fourth-order valence-electron chi connectivity index (χ4n) is 1.07. The molecule has 0 aliphatic heterocycles. The minimum Gasteiger partial charge on any atom is -0.440 e. The number of sulfonamides is 1. The second-order valence-electron chi connectivity index (χ2n) is 3.24. The van der Waals surface area contributed by atoms with Crippen LogP contribution in [0, 0.1) is 0 Å². The van der Waals surface area contributed by atoms with Gasteiger partial charge in [-0.1, -0.05) is 0 Å². The average Bonchev–Trinajstić information content (AvgIpc) is 2.76. The Morgan fingerprint density at radius 3 is 2.82 bits per heavy atom. The zero-order chi connectivity index (χ0) is 12.9. The molecular weight excluding hydrogens is 250 g/mol. The lowest BCUT2D eigenvalue weighted by molar-refractivity contribution is 0.0678. The molecule has 1 rings (SSSR count). The third-order valence-electron chi connectivity index (χ3n) is 1.85. The van der Waals surface area contributed by atoms with Crippen LogP contribution < -0.4 is 4.72 Å². The molecule has 0 aromatic carbocycles. The Hall–Kier alpha value is -1.22. The highest BCUT2D eigenvalue weighted by molar-refractivity contribution is 7.89. The molecule has 0 amide bonds. The third-order valence-corrected chi connectivity index (χ3v) is 3.15. The van der Waals surface area contributed by atoms with Gasteiger partial charge in [0.15, 0.2) is 12.0 Å². The van der Waals surface area contributed by atoms with Gasteiger partial charge in [0, 0.05) is 13.7 Å². The standard InChI is InChI=1S/C9H13NO6S/c1-15-6-7(12)4-10-17(13,14)9-3-2-8(5-11)16-9/h2-3,5,7,10,12H,4,6H2,1H3. The number of hydrogen-bond acceptors (Lipinski definition) is 6. The molecule has 0 spiro atoms. The van der Waals surface area contributed by atoms with Gasteiger partial charge in [-0.2, -0.15) is 0 Å². The van der Waals surface area contributed by atoms with Crippen LogP contribution in [0.25, 0.3) is 0 Å². The van der Waals surface area contributed by atoms with Gasteiger partial charge in [-0.3, -0.25) is 4.79 Å². The van der Waals surface area contributed by atoms with Crippen LogP contribution in [0.4, 0.5) is 0 Å². The van der Waals surface area contributed by atoms with Gasteiger partial charge in [0.1, 0.15) is 0 Å². The number of ether oxygens (including phenoxy) is 1. The summed E-state index contributed by atoms with van der Waals surface area (Å²) in [6.07, 6.45) is -0.547. The third kappa shape index (κ3) is 3.93. The normalized spacial score (nSPS) is 13.5. The molecule has 1 atom stereocenters. The Bertz CT molecular complexity index is 466. The Labute approximate surface area is 98.4 Å². The summed E-state index contributed by atoms with van der Waals surface area (Å²) in [5.41, 5.74) is 0. The molecule has 17 heavy (non-hydrogen) atoms. The van der Waals surface area contributed by atoms with E-state index < -0.39 is 16.1 Å². The van der Waals surface area contributed by atoms with Gasteiger partial charge in [-0.05, 0) is 12.1 Å². The molecule has 1 aromatic heterocycles. The number of nitrogens with one attached hydrogen (secondary N) is 1.